The minimum absolute atomic E-state index is 0.194. The van der Waals surface area contributed by atoms with Gasteiger partial charge in [-0.25, -0.2) is 0 Å². The lowest BCUT2D eigenvalue weighted by atomic mass is 10.0. The molecule has 1 aliphatic heterocycles. The van der Waals surface area contributed by atoms with Crippen molar-refractivity contribution in [3.8, 4) is 17.2 Å². The van der Waals surface area contributed by atoms with Crippen LogP contribution in [-0.2, 0) is 11.3 Å². The van der Waals surface area contributed by atoms with Crippen molar-refractivity contribution in [2.75, 3.05) is 20.3 Å². The molecule has 0 aromatic heterocycles. The second kappa shape index (κ2) is 8.97. The molecule has 0 fully saturated rings. The average Bonchev–Trinajstić information content (AvgIpc) is 2.87. The molecule has 0 radical (unpaired) electrons. The highest BCUT2D eigenvalue weighted by molar-refractivity contribution is 6.32. The number of hydrogen-bond acceptors (Lipinski definition) is 5. The van der Waals surface area contributed by atoms with E-state index in [0.29, 0.717) is 23.1 Å². The quantitative estimate of drug-likeness (QED) is 0.758. The highest BCUT2D eigenvalue weighted by atomic mass is 35.5. The molecule has 2 aromatic rings. The lowest BCUT2D eigenvalue weighted by Gasteiger charge is -2.19. The van der Waals surface area contributed by atoms with Crippen molar-refractivity contribution in [2.24, 2.45) is 5.73 Å². The summed E-state index contributed by atoms with van der Waals surface area (Å²) in [6, 6.07) is 11.9. The van der Waals surface area contributed by atoms with Crippen LogP contribution < -0.4 is 25.3 Å². The zero-order valence-corrected chi connectivity index (χ0v) is 15.9. The second-order valence-corrected chi connectivity index (χ2v) is 6.73. The van der Waals surface area contributed by atoms with Crippen LogP contribution in [0.15, 0.2) is 36.4 Å². The fraction of sp³-hybridized carbons (Fsp3) is 0.350. The first-order valence-corrected chi connectivity index (χ1v) is 9.19. The van der Waals surface area contributed by atoms with Crippen LogP contribution in [0.5, 0.6) is 17.2 Å². The van der Waals surface area contributed by atoms with Crippen LogP contribution >= 0.6 is 11.6 Å². The van der Waals surface area contributed by atoms with Gasteiger partial charge in [0, 0.05) is 18.2 Å². The fourth-order valence-corrected chi connectivity index (χ4v) is 3.42. The lowest BCUT2D eigenvalue weighted by molar-refractivity contribution is -0.119. The van der Waals surface area contributed by atoms with Crippen molar-refractivity contribution >= 4 is 17.5 Å². The molecular formula is C20H23ClN2O4. The zero-order chi connectivity index (χ0) is 19.2. The summed E-state index contributed by atoms with van der Waals surface area (Å²) >= 11 is 6.32. The van der Waals surface area contributed by atoms with E-state index in [9.17, 15) is 4.79 Å². The summed E-state index contributed by atoms with van der Waals surface area (Å²) < 4.78 is 16.5. The highest BCUT2D eigenvalue weighted by Gasteiger charge is 2.19. The number of primary amides is 1. The second-order valence-electron chi connectivity index (χ2n) is 6.33. The van der Waals surface area contributed by atoms with E-state index < -0.39 is 5.91 Å². The van der Waals surface area contributed by atoms with Crippen LogP contribution in [0.1, 0.15) is 30.0 Å². The Balaban J connectivity index is 1.74. The summed E-state index contributed by atoms with van der Waals surface area (Å²) in [6.45, 7) is 1.07. The van der Waals surface area contributed by atoms with E-state index in [-0.39, 0.29) is 12.6 Å². The Bertz CT molecular complexity index is 813. The number of methoxy groups -OCH3 is 1. The maximum atomic E-state index is 10.9. The van der Waals surface area contributed by atoms with Crippen LogP contribution in [-0.4, -0.2) is 26.2 Å². The Morgan fingerprint density at radius 2 is 2.19 bits per heavy atom. The number of para-hydroxylation sites is 1. The van der Waals surface area contributed by atoms with Gasteiger partial charge in [-0.1, -0.05) is 29.8 Å². The van der Waals surface area contributed by atoms with Crippen LogP contribution in [0.3, 0.4) is 0 Å². The van der Waals surface area contributed by atoms with Crippen LogP contribution in [0.25, 0.3) is 0 Å². The van der Waals surface area contributed by atoms with Crippen LogP contribution in [0.2, 0.25) is 5.02 Å². The first-order chi connectivity index (χ1) is 13.1. The third-order valence-corrected chi connectivity index (χ3v) is 4.67. The van der Waals surface area contributed by atoms with E-state index in [1.54, 1.807) is 6.07 Å². The van der Waals surface area contributed by atoms with E-state index in [0.717, 1.165) is 36.3 Å². The SMILES string of the molecule is COc1cc(CNC2CCCOc3ccccc32)cc(Cl)c1OCC(N)=O. The number of carbonyl (C=O) groups excluding carboxylic acids is 1. The molecule has 0 bridgehead atoms. The highest BCUT2D eigenvalue weighted by Crippen LogP contribution is 2.37. The van der Waals surface area contributed by atoms with E-state index in [4.69, 9.17) is 31.5 Å². The summed E-state index contributed by atoms with van der Waals surface area (Å²) in [4.78, 5) is 10.9. The van der Waals surface area contributed by atoms with Crippen molar-refractivity contribution in [3.63, 3.8) is 0 Å². The fourth-order valence-electron chi connectivity index (χ4n) is 3.14. The van der Waals surface area contributed by atoms with Gasteiger partial charge in [0.1, 0.15) is 5.75 Å². The molecule has 0 saturated carbocycles. The number of halogens is 1. The van der Waals surface area contributed by atoms with Crippen molar-refractivity contribution < 1.29 is 19.0 Å². The molecule has 1 unspecified atom stereocenters. The van der Waals surface area contributed by atoms with Gasteiger partial charge in [-0.05, 0) is 36.6 Å². The maximum Gasteiger partial charge on any atom is 0.255 e. The number of nitrogens with one attached hydrogen (secondary N) is 1. The van der Waals surface area contributed by atoms with Gasteiger partial charge in [0.2, 0.25) is 0 Å². The molecule has 6 nitrogen and oxygen atoms in total. The summed E-state index contributed by atoms with van der Waals surface area (Å²) in [5.41, 5.74) is 7.24. The number of carbonyl (C=O) groups is 1. The van der Waals surface area contributed by atoms with Crippen molar-refractivity contribution in [3.05, 3.63) is 52.5 Å². The monoisotopic (exact) mass is 390 g/mol. The van der Waals surface area contributed by atoms with Gasteiger partial charge >= 0.3 is 0 Å². The Morgan fingerprint density at radius 1 is 1.37 bits per heavy atom. The van der Waals surface area contributed by atoms with Crippen molar-refractivity contribution in [1.29, 1.82) is 0 Å². The Kier molecular flexibility index (Phi) is 6.42. The number of benzene rings is 2. The van der Waals surface area contributed by atoms with Crippen molar-refractivity contribution in [2.45, 2.75) is 25.4 Å². The number of ether oxygens (including phenoxy) is 3. The van der Waals surface area contributed by atoms with Gasteiger partial charge in [-0.2, -0.15) is 0 Å². The largest absolute Gasteiger partial charge is 0.493 e. The van der Waals surface area contributed by atoms with Gasteiger partial charge in [0.25, 0.3) is 5.91 Å². The first-order valence-electron chi connectivity index (χ1n) is 8.81. The van der Waals surface area contributed by atoms with Crippen LogP contribution in [0, 0.1) is 0 Å². The normalized spacial score (nSPS) is 16.0. The summed E-state index contributed by atoms with van der Waals surface area (Å²) in [5, 5.41) is 3.95. The minimum atomic E-state index is -0.576. The number of fused-ring (bicyclic) bond motifs is 1. The van der Waals surface area contributed by atoms with Gasteiger partial charge in [-0.3, -0.25) is 4.79 Å². The molecule has 0 spiro atoms. The molecule has 3 rings (SSSR count). The molecule has 27 heavy (non-hydrogen) atoms. The lowest BCUT2D eigenvalue weighted by Crippen LogP contribution is -2.21. The van der Waals surface area contributed by atoms with E-state index in [1.807, 2.05) is 24.3 Å². The molecule has 1 heterocycles. The summed E-state index contributed by atoms with van der Waals surface area (Å²) in [7, 11) is 1.53. The predicted octanol–water partition coefficient (Wildman–Crippen LogP) is 3.22. The summed E-state index contributed by atoms with van der Waals surface area (Å²) in [5.74, 6) is 1.13. The molecule has 144 valence electrons. The number of amides is 1. The molecule has 7 heteroatoms. The van der Waals surface area contributed by atoms with Gasteiger partial charge in [-0.15, -0.1) is 0 Å². The van der Waals surface area contributed by atoms with Crippen molar-refractivity contribution in [1.82, 2.24) is 5.32 Å². The summed E-state index contributed by atoms with van der Waals surface area (Å²) in [6.07, 6.45) is 1.97. The first kappa shape index (κ1) is 19.3. The molecule has 0 aliphatic carbocycles. The molecule has 0 saturated heterocycles. The molecule has 1 amide bonds. The molecule has 3 N–H and O–H groups in total. The Labute approximate surface area is 163 Å². The molecule has 2 aromatic carbocycles. The van der Waals surface area contributed by atoms with E-state index in [2.05, 4.69) is 11.4 Å². The van der Waals surface area contributed by atoms with Crippen LogP contribution in [0.4, 0.5) is 0 Å². The smallest absolute Gasteiger partial charge is 0.255 e. The standard InChI is InChI=1S/C20H23ClN2O4/c1-25-18-10-13(9-15(21)20(18)27-12-19(22)24)11-23-16-6-4-8-26-17-7-3-2-5-14(16)17/h2-3,5,7,9-10,16,23H,4,6,8,11-12H2,1H3,(H2,22,24). The molecule has 1 atom stereocenters. The number of rotatable bonds is 7. The molecule has 1 aliphatic rings. The average molecular weight is 391 g/mol. The third kappa shape index (κ3) is 4.84. The zero-order valence-electron chi connectivity index (χ0n) is 15.2. The maximum absolute atomic E-state index is 10.9. The number of hydrogen-bond donors (Lipinski definition) is 2. The Morgan fingerprint density at radius 3 is 2.96 bits per heavy atom. The Hall–Kier alpha value is -2.44. The van der Waals surface area contributed by atoms with Gasteiger partial charge < -0.3 is 25.3 Å². The molecular weight excluding hydrogens is 368 g/mol. The predicted molar refractivity (Wildman–Crippen MR) is 103 cm³/mol. The third-order valence-electron chi connectivity index (χ3n) is 4.39. The van der Waals surface area contributed by atoms with Gasteiger partial charge in [0.05, 0.1) is 18.7 Å². The van der Waals surface area contributed by atoms with E-state index in [1.165, 1.54) is 7.11 Å². The van der Waals surface area contributed by atoms with E-state index >= 15 is 0 Å². The van der Waals surface area contributed by atoms with Gasteiger partial charge in [0.15, 0.2) is 18.1 Å². The minimum Gasteiger partial charge on any atom is -0.493 e. The number of nitrogens with two attached hydrogens (primary N) is 1. The topological polar surface area (TPSA) is 82.8 Å².